The largest absolute Gasteiger partial charge is 0.263 e. The Hall–Kier alpha value is 0.0600. The first kappa shape index (κ1) is 10.6. The zero-order valence-corrected chi connectivity index (χ0v) is 11.4. The van der Waals surface area contributed by atoms with Crippen molar-refractivity contribution in [2.24, 2.45) is 0 Å². The van der Waals surface area contributed by atoms with Gasteiger partial charge in [-0.3, -0.25) is 3.97 Å². The lowest BCUT2D eigenvalue weighted by atomic mass is 10.2. The fourth-order valence-corrected chi connectivity index (χ4v) is 3.46. The van der Waals surface area contributed by atoms with E-state index in [4.69, 9.17) is 11.6 Å². The highest BCUT2D eigenvalue weighted by Gasteiger charge is 2.10. The summed E-state index contributed by atoms with van der Waals surface area (Å²) in [7, 11) is 1.61. The number of aryl methyl sites for hydroxylation is 2. The van der Waals surface area contributed by atoms with Crippen molar-refractivity contribution in [1.29, 1.82) is 0 Å². The van der Waals surface area contributed by atoms with Crippen LogP contribution in [0.5, 0.6) is 0 Å². The average Bonchev–Trinajstić information content (AvgIpc) is 2.49. The zero-order valence-electron chi connectivity index (χ0n) is 7.71. The molecule has 0 atom stereocenters. The number of fused-ring (bicyclic) bond motifs is 1. The molecule has 0 bridgehead atoms. The molecule has 0 aliphatic carbocycles. The maximum absolute atomic E-state index is 6.20. The van der Waals surface area contributed by atoms with Crippen LogP contribution in [0.3, 0.4) is 0 Å². The molecule has 0 saturated carbocycles. The first-order valence-electron chi connectivity index (χ1n) is 4.07. The average molecular weight is 339 g/mol. The van der Waals surface area contributed by atoms with Crippen LogP contribution in [0, 0.1) is 13.8 Å². The molecule has 0 radical (unpaired) electrons. The molecule has 14 heavy (non-hydrogen) atoms. The molecule has 2 aromatic rings. The van der Waals surface area contributed by atoms with Crippen LogP contribution < -0.4 is 0 Å². The highest BCUT2D eigenvalue weighted by atomic mass is 127. The fourth-order valence-electron chi connectivity index (χ4n) is 1.41. The Labute approximate surface area is 104 Å². The minimum Gasteiger partial charge on any atom is -0.263 e. The quantitative estimate of drug-likeness (QED) is 0.727. The molecular formula is C9H8ClIN2S. The van der Waals surface area contributed by atoms with Crippen LogP contribution in [0.15, 0.2) is 12.3 Å². The van der Waals surface area contributed by atoms with Crippen LogP contribution in [0.4, 0.5) is 0 Å². The molecule has 74 valence electrons. The van der Waals surface area contributed by atoms with E-state index < -0.39 is 0 Å². The van der Waals surface area contributed by atoms with E-state index in [1.54, 1.807) is 9.12 Å². The lowest BCUT2D eigenvalue weighted by molar-refractivity contribution is 1.18. The van der Waals surface area contributed by atoms with E-state index in [-0.39, 0.29) is 0 Å². The molecule has 2 nitrogen and oxygen atoms in total. The topological polar surface area (TPSA) is 17.8 Å². The molecule has 0 aliphatic heterocycles. The molecular weight excluding hydrogens is 331 g/mol. The summed E-state index contributed by atoms with van der Waals surface area (Å²) in [6.07, 6.45) is 1.81. The lowest BCUT2D eigenvalue weighted by Crippen LogP contribution is -1.88. The number of halogens is 2. The summed E-state index contributed by atoms with van der Waals surface area (Å²) in [5, 5.41) is 1.84. The van der Waals surface area contributed by atoms with Crippen molar-refractivity contribution in [2.75, 3.05) is 0 Å². The summed E-state index contributed by atoms with van der Waals surface area (Å²) in [6.45, 7) is 4.03. The Kier molecular flexibility index (Phi) is 2.95. The number of hydrogen-bond donors (Lipinski definition) is 0. The second-order valence-corrected chi connectivity index (χ2v) is 5.20. The van der Waals surface area contributed by atoms with E-state index in [1.807, 2.05) is 13.1 Å². The summed E-state index contributed by atoms with van der Waals surface area (Å²) in [4.78, 5) is 4.39. The Morgan fingerprint density at radius 2 is 2.21 bits per heavy atom. The van der Waals surface area contributed by atoms with Gasteiger partial charge in [0.1, 0.15) is 0 Å². The standard InChI is InChI=1S/C9H8ClIN2S/c1-5-4-12-9-7(8(5)10)3-6(2)13(9)14-11/h3-4H,1-2H3. The molecule has 2 aromatic heterocycles. The fraction of sp³-hybridized carbons (Fsp3) is 0.222. The van der Waals surface area contributed by atoms with Gasteiger partial charge in [-0.15, -0.1) is 0 Å². The minimum absolute atomic E-state index is 0.808. The van der Waals surface area contributed by atoms with Gasteiger partial charge in [0.25, 0.3) is 0 Å². The normalized spacial score (nSPS) is 11.1. The number of rotatable bonds is 1. The Morgan fingerprint density at radius 3 is 2.86 bits per heavy atom. The van der Waals surface area contributed by atoms with Crippen LogP contribution in [-0.2, 0) is 0 Å². The van der Waals surface area contributed by atoms with Crippen LogP contribution in [0.1, 0.15) is 11.3 Å². The zero-order chi connectivity index (χ0) is 10.3. The van der Waals surface area contributed by atoms with Gasteiger partial charge in [0.2, 0.25) is 0 Å². The monoisotopic (exact) mass is 338 g/mol. The van der Waals surface area contributed by atoms with E-state index in [2.05, 4.69) is 43.2 Å². The highest BCUT2D eigenvalue weighted by molar-refractivity contribution is 14.2. The highest BCUT2D eigenvalue weighted by Crippen LogP contribution is 2.32. The van der Waals surface area contributed by atoms with Gasteiger partial charge in [-0.25, -0.2) is 4.98 Å². The van der Waals surface area contributed by atoms with Crippen molar-refractivity contribution in [3.8, 4) is 0 Å². The van der Waals surface area contributed by atoms with Crippen LogP contribution in [0.2, 0.25) is 5.02 Å². The summed E-state index contributed by atoms with van der Waals surface area (Å²) < 4.78 is 2.07. The Bertz CT molecular complexity index is 495. The van der Waals surface area contributed by atoms with Crippen molar-refractivity contribution in [3.05, 3.63) is 28.5 Å². The number of hydrogen-bond acceptors (Lipinski definition) is 2. The SMILES string of the molecule is Cc1cnc2c(cc(C)n2SI)c1Cl. The third-order valence-corrected chi connectivity index (χ3v) is 4.42. The molecule has 2 rings (SSSR count). The van der Waals surface area contributed by atoms with Crippen LogP contribution in [-0.4, -0.2) is 8.96 Å². The number of nitrogens with zero attached hydrogens (tertiary/aromatic N) is 2. The molecule has 0 spiro atoms. The summed E-state index contributed by atoms with van der Waals surface area (Å²) in [6, 6.07) is 2.07. The van der Waals surface area contributed by atoms with Gasteiger partial charge in [0.15, 0.2) is 5.65 Å². The van der Waals surface area contributed by atoms with Gasteiger partial charge in [-0.2, -0.15) is 0 Å². The van der Waals surface area contributed by atoms with E-state index in [9.17, 15) is 0 Å². The molecule has 0 fully saturated rings. The first-order valence-corrected chi connectivity index (χ1v) is 7.77. The maximum Gasteiger partial charge on any atom is 0.152 e. The molecule has 0 aromatic carbocycles. The predicted molar refractivity (Wildman–Crippen MR) is 71.2 cm³/mol. The van der Waals surface area contributed by atoms with E-state index >= 15 is 0 Å². The van der Waals surface area contributed by atoms with Crippen LogP contribution >= 0.6 is 41.9 Å². The first-order chi connectivity index (χ1) is 6.65. The van der Waals surface area contributed by atoms with Crippen molar-refractivity contribution < 1.29 is 0 Å². The van der Waals surface area contributed by atoms with Gasteiger partial charge < -0.3 is 0 Å². The summed E-state index contributed by atoms with van der Waals surface area (Å²) in [5.74, 6) is 0. The Balaban J connectivity index is 2.87. The maximum atomic E-state index is 6.20. The van der Waals surface area contributed by atoms with Gasteiger partial charge in [0.05, 0.1) is 5.02 Å². The third-order valence-electron chi connectivity index (χ3n) is 2.14. The molecule has 0 unspecified atom stereocenters. The third kappa shape index (κ3) is 1.53. The smallest absolute Gasteiger partial charge is 0.152 e. The van der Waals surface area contributed by atoms with Crippen molar-refractivity contribution in [2.45, 2.75) is 13.8 Å². The number of aromatic nitrogens is 2. The second kappa shape index (κ2) is 3.90. The van der Waals surface area contributed by atoms with E-state index in [0.717, 1.165) is 21.6 Å². The van der Waals surface area contributed by atoms with Gasteiger partial charge in [0, 0.05) is 47.6 Å². The second-order valence-electron chi connectivity index (χ2n) is 3.14. The van der Waals surface area contributed by atoms with Gasteiger partial charge >= 0.3 is 0 Å². The number of pyridine rings is 1. The molecule has 0 aliphatic rings. The Morgan fingerprint density at radius 1 is 1.50 bits per heavy atom. The summed E-state index contributed by atoms with van der Waals surface area (Å²) in [5.41, 5.74) is 3.13. The minimum atomic E-state index is 0.808. The molecule has 2 heterocycles. The summed E-state index contributed by atoms with van der Waals surface area (Å²) >= 11 is 8.44. The van der Waals surface area contributed by atoms with Crippen molar-refractivity contribution >= 4 is 53.0 Å². The predicted octanol–water partition coefficient (Wildman–Crippen LogP) is 4.15. The lowest BCUT2D eigenvalue weighted by Gasteiger charge is -2.01. The van der Waals surface area contributed by atoms with Crippen molar-refractivity contribution in [1.82, 2.24) is 8.96 Å². The van der Waals surface area contributed by atoms with Crippen molar-refractivity contribution in [3.63, 3.8) is 0 Å². The van der Waals surface area contributed by atoms with Gasteiger partial charge in [-0.1, -0.05) is 11.6 Å². The molecule has 5 heteroatoms. The molecule has 0 N–H and O–H groups in total. The molecule has 0 saturated heterocycles. The van der Waals surface area contributed by atoms with E-state index in [0.29, 0.717) is 0 Å². The molecule has 0 amide bonds. The van der Waals surface area contributed by atoms with Crippen LogP contribution in [0.25, 0.3) is 11.0 Å². The van der Waals surface area contributed by atoms with E-state index in [1.165, 1.54) is 5.69 Å². The van der Waals surface area contributed by atoms with Gasteiger partial charge in [-0.05, 0) is 25.5 Å².